The van der Waals surface area contributed by atoms with Crippen molar-refractivity contribution in [2.45, 2.75) is 6.42 Å². The van der Waals surface area contributed by atoms with Gasteiger partial charge in [0.15, 0.2) is 0 Å². The van der Waals surface area contributed by atoms with E-state index < -0.39 is 11.8 Å². The zero-order chi connectivity index (χ0) is 14.4. The first-order chi connectivity index (χ1) is 8.91. The SMILES string of the molecule is CN(CC(N)=O)C(=O)C(Cc1ccccc1)C(N)=S. The van der Waals surface area contributed by atoms with Gasteiger partial charge in [0.2, 0.25) is 11.8 Å². The highest BCUT2D eigenvalue weighted by atomic mass is 32.1. The van der Waals surface area contributed by atoms with Crippen LogP contribution in [-0.4, -0.2) is 35.3 Å². The van der Waals surface area contributed by atoms with Gasteiger partial charge in [-0.3, -0.25) is 9.59 Å². The molecule has 0 saturated heterocycles. The molecule has 6 heteroatoms. The molecule has 0 aliphatic carbocycles. The van der Waals surface area contributed by atoms with Gasteiger partial charge in [-0.1, -0.05) is 42.5 Å². The van der Waals surface area contributed by atoms with Crippen molar-refractivity contribution in [2.24, 2.45) is 17.4 Å². The average molecular weight is 279 g/mol. The van der Waals surface area contributed by atoms with E-state index in [2.05, 4.69) is 0 Å². The lowest BCUT2D eigenvalue weighted by Gasteiger charge is -2.22. The van der Waals surface area contributed by atoms with Crippen molar-refractivity contribution in [2.75, 3.05) is 13.6 Å². The molecular formula is C13H17N3O2S. The molecule has 0 bridgehead atoms. The molecule has 0 aliphatic heterocycles. The van der Waals surface area contributed by atoms with Crippen LogP contribution < -0.4 is 11.5 Å². The molecule has 0 saturated carbocycles. The maximum atomic E-state index is 12.2. The Hall–Kier alpha value is -1.95. The predicted octanol–water partition coefficient (Wildman–Crippen LogP) is 0.0751. The highest BCUT2D eigenvalue weighted by Gasteiger charge is 2.25. The number of likely N-dealkylation sites (N-methyl/N-ethyl adjacent to an activating group) is 1. The van der Waals surface area contributed by atoms with Crippen molar-refractivity contribution < 1.29 is 9.59 Å². The molecule has 1 aromatic carbocycles. The molecule has 0 spiro atoms. The van der Waals surface area contributed by atoms with Crippen LogP contribution >= 0.6 is 12.2 Å². The van der Waals surface area contributed by atoms with Crippen LogP contribution in [0.1, 0.15) is 5.56 Å². The van der Waals surface area contributed by atoms with Crippen LogP contribution in [0.3, 0.4) is 0 Å². The largest absolute Gasteiger partial charge is 0.393 e. The van der Waals surface area contributed by atoms with Crippen molar-refractivity contribution >= 4 is 29.0 Å². The maximum Gasteiger partial charge on any atom is 0.237 e. The van der Waals surface area contributed by atoms with E-state index in [9.17, 15) is 9.59 Å². The summed E-state index contributed by atoms with van der Waals surface area (Å²) in [7, 11) is 1.50. The number of nitrogens with two attached hydrogens (primary N) is 2. The summed E-state index contributed by atoms with van der Waals surface area (Å²) in [4.78, 5) is 24.4. The van der Waals surface area contributed by atoms with Crippen molar-refractivity contribution in [1.82, 2.24) is 4.90 Å². The number of rotatable bonds is 6. The maximum absolute atomic E-state index is 12.2. The summed E-state index contributed by atoms with van der Waals surface area (Å²) >= 11 is 4.94. The molecular weight excluding hydrogens is 262 g/mol. The molecule has 1 rings (SSSR count). The number of nitrogens with zero attached hydrogens (tertiary/aromatic N) is 1. The minimum atomic E-state index is -0.623. The Labute approximate surface area is 117 Å². The van der Waals surface area contributed by atoms with Gasteiger partial charge < -0.3 is 16.4 Å². The zero-order valence-electron chi connectivity index (χ0n) is 10.7. The number of amides is 2. The molecule has 4 N–H and O–H groups in total. The highest BCUT2D eigenvalue weighted by Crippen LogP contribution is 2.12. The van der Waals surface area contributed by atoms with Gasteiger partial charge in [0.25, 0.3) is 0 Å². The fraction of sp³-hybridized carbons (Fsp3) is 0.308. The fourth-order valence-electron chi connectivity index (χ4n) is 1.74. The van der Waals surface area contributed by atoms with Gasteiger partial charge in [-0.05, 0) is 12.0 Å². The number of carbonyl (C=O) groups is 2. The number of primary amides is 1. The van der Waals surface area contributed by atoms with Gasteiger partial charge in [-0.15, -0.1) is 0 Å². The van der Waals surface area contributed by atoms with Gasteiger partial charge in [-0.2, -0.15) is 0 Å². The summed E-state index contributed by atoms with van der Waals surface area (Å²) in [6, 6.07) is 9.44. The molecule has 0 fully saturated rings. The second-order valence-electron chi connectivity index (χ2n) is 4.31. The van der Waals surface area contributed by atoms with Gasteiger partial charge in [-0.25, -0.2) is 0 Å². The molecule has 0 aromatic heterocycles. The lowest BCUT2D eigenvalue weighted by Crippen LogP contribution is -2.43. The minimum Gasteiger partial charge on any atom is -0.393 e. The van der Waals surface area contributed by atoms with E-state index in [1.165, 1.54) is 11.9 Å². The second-order valence-corrected chi connectivity index (χ2v) is 4.78. The van der Waals surface area contributed by atoms with Crippen molar-refractivity contribution in [3.8, 4) is 0 Å². The number of thiocarbonyl (C=S) groups is 1. The Morgan fingerprint density at radius 3 is 2.32 bits per heavy atom. The molecule has 102 valence electrons. The Balaban J connectivity index is 2.80. The van der Waals surface area contributed by atoms with Crippen molar-refractivity contribution in [3.05, 3.63) is 35.9 Å². The minimum absolute atomic E-state index is 0.116. The van der Waals surface area contributed by atoms with Crippen LogP contribution in [0, 0.1) is 5.92 Å². The van der Waals surface area contributed by atoms with Gasteiger partial charge in [0, 0.05) is 7.05 Å². The monoisotopic (exact) mass is 279 g/mol. The van der Waals surface area contributed by atoms with E-state index in [1.54, 1.807) is 0 Å². The average Bonchev–Trinajstić information content (AvgIpc) is 2.35. The molecule has 2 amide bonds. The van der Waals surface area contributed by atoms with Crippen molar-refractivity contribution in [3.63, 3.8) is 0 Å². The van der Waals surface area contributed by atoms with E-state index in [0.29, 0.717) is 6.42 Å². The van der Waals surface area contributed by atoms with Crippen LogP contribution in [0.4, 0.5) is 0 Å². The molecule has 1 unspecified atom stereocenters. The summed E-state index contributed by atoms with van der Waals surface area (Å²) < 4.78 is 0. The molecule has 0 heterocycles. The van der Waals surface area contributed by atoms with Crippen LogP contribution in [0.2, 0.25) is 0 Å². The van der Waals surface area contributed by atoms with Gasteiger partial charge >= 0.3 is 0 Å². The Bertz CT molecular complexity index is 476. The topological polar surface area (TPSA) is 89.4 Å². The third-order valence-corrected chi connectivity index (χ3v) is 2.98. The van der Waals surface area contributed by atoms with Crippen LogP contribution in [0.25, 0.3) is 0 Å². The van der Waals surface area contributed by atoms with Crippen LogP contribution in [0.15, 0.2) is 30.3 Å². The number of benzene rings is 1. The number of carbonyl (C=O) groups excluding carboxylic acids is 2. The van der Waals surface area contributed by atoms with E-state index in [-0.39, 0.29) is 17.4 Å². The van der Waals surface area contributed by atoms with Crippen LogP contribution in [-0.2, 0) is 16.0 Å². The van der Waals surface area contributed by atoms with Crippen LogP contribution in [0.5, 0.6) is 0 Å². The molecule has 19 heavy (non-hydrogen) atoms. The molecule has 0 aliphatic rings. The Morgan fingerprint density at radius 1 is 1.26 bits per heavy atom. The van der Waals surface area contributed by atoms with Gasteiger partial charge in [0.05, 0.1) is 17.5 Å². The van der Waals surface area contributed by atoms with E-state index in [0.717, 1.165) is 5.56 Å². The lowest BCUT2D eigenvalue weighted by atomic mass is 9.98. The fourth-order valence-corrected chi connectivity index (χ4v) is 1.92. The standard InChI is InChI=1S/C13H17N3O2S/c1-16(8-11(14)17)13(18)10(12(15)19)7-9-5-3-2-4-6-9/h2-6,10H,7-8H2,1H3,(H2,14,17)(H2,15,19). The predicted molar refractivity (Wildman–Crippen MR) is 77.3 cm³/mol. The highest BCUT2D eigenvalue weighted by molar-refractivity contribution is 7.80. The summed E-state index contributed by atoms with van der Waals surface area (Å²) in [5.74, 6) is -1.49. The van der Waals surface area contributed by atoms with E-state index in [4.69, 9.17) is 23.7 Å². The zero-order valence-corrected chi connectivity index (χ0v) is 11.5. The van der Waals surface area contributed by atoms with Crippen molar-refractivity contribution in [1.29, 1.82) is 0 Å². The Kier molecular flexibility index (Phi) is 5.44. The van der Waals surface area contributed by atoms with E-state index in [1.807, 2.05) is 30.3 Å². The first-order valence-corrected chi connectivity index (χ1v) is 6.19. The number of hydrogen-bond acceptors (Lipinski definition) is 3. The van der Waals surface area contributed by atoms with E-state index >= 15 is 0 Å². The summed E-state index contributed by atoms with van der Waals surface area (Å²) in [6.45, 7) is -0.146. The molecule has 1 atom stereocenters. The normalized spacial score (nSPS) is 11.6. The lowest BCUT2D eigenvalue weighted by molar-refractivity contribution is -0.135. The summed E-state index contributed by atoms with van der Waals surface area (Å²) in [5.41, 5.74) is 11.6. The number of hydrogen-bond donors (Lipinski definition) is 2. The molecule has 5 nitrogen and oxygen atoms in total. The first kappa shape index (κ1) is 15.1. The quantitative estimate of drug-likeness (QED) is 0.721. The smallest absolute Gasteiger partial charge is 0.237 e. The third-order valence-electron chi connectivity index (χ3n) is 2.69. The first-order valence-electron chi connectivity index (χ1n) is 5.78. The second kappa shape index (κ2) is 6.84. The summed E-state index contributed by atoms with van der Waals surface area (Å²) in [5, 5.41) is 0. The Morgan fingerprint density at radius 2 is 1.84 bits per heavy atom. The molecule has 0 radical (unpaired) electrons. The van der Waals surface area contributed by atoms with Gasteiger partial charge in [0.1, 0.15) is 0 Å². The third kappa shape index (κ3) is 4.67. The molecule has 1 aromatic rings. The summed E-state index contributed by atoms with van der Waals surface area (Å²) in [6.07, 6.45) is 0.415.